The number of oxime groups is 1. The monoisotopic (exact) mass is 264 g/mol. The number of ether oxygens (including phenoxy) is 2. The number of nitroso groups, excluding NO2 is 1. The minimum Gasteiger partial charge on any atom is -0.462 e. The van der Waals surface area contributed by atoms with Crippen LogP contribution >= 0.6 is 0 Å². The summed E-state index contributed by atoms with van der Waals surface area (Å²) in [5, 5.41) is 6.66. The molecular formula is C12H12N2O5. The van der Waals surface area contributed by atoms with Crippen LogP contribution in [0.1, 0.15) is 18.5 Å². The second-order valence-corrected chi connectivity index (χ2v) is 3.75. The SMILES string of the molecule is CC(=O)OCCO/N=C1/Oc2ccccc2C1N=O. The van der Waals surface area contributed by atoms with Crippen molar-refractivity contribution in [3.8, 4) is 5.75 Å². The van der Waals surface area contributed by atoms with Crippen molar-refractivity contribution in [1.29, 1.82) is 0 Å². The van der Waals surface area contributed by atoms with Gasteiger partial charge in [-0.15, -0.1) is 4.91 Å². The quantitative estimate of drug-likeness (QED) is 0.350. The van der Waals surface area contributed by atoms with Gasteiger partial charge in [-0.2, -0.15) is 0 Å². The third-order valence-corrected chi connectivity index (χ3v) is 2.40. The Kier molecular flexibility index (Phi) is 4.07. The molecule has 0 aromatic heterocycles. The molecule has 19 heavy (non-hydrogen) atoms. The van der Waals surface area contributed by atoms with E-state index in [1.165, 1.54) is 6.92 Å². The normalized spacial score (nSPS) is 18.6. The maximum Gasteiger partial charge on any atom is 0.302 e. The highest BCUT2D eigenvalue weighted by Gasteiger charge is 2.32. The van der Waals surface area contributed by atoms with Crippen LogP contribution in [0.5, 0.6) is 5.75 Å². The maximum absolute atomic E-state index is 10.8. The number of hydrogen-bond donors (Lipinski definition) is 0. The summed E-state index contributed by atoms with van der Waals surface area (Å²) in [6.45, 7) is 1.46. The number of carbonyl (C=O) groups is 1. The Hall–Kier alpha value is -2.44. The molecular weight excluding hydrogens is 252 g/mol. The second-order valence-electron chi connectivity index (χ2n) is 3.75. The van der Waals surface area contributed by atoms with Crippen molar-refractivity contribution in [2.45, 2.75) is 13.0 Å². The van der Waals surface area contributed by atoms with Crippen molar-refractivity contribution in [1.82, 2.24) is 0 Å². The Morgan fingerprint density at radius 3 is 2.89 bits per heavy atom. The van der Waals surface area contributed by atoms with E-state index in [-0.39, 0.29) is 19.1 Å². The molecule has 0 N–H and O–H groups in total. The van der Waals surface area contributed by atoms with Gasteiger partial charge in [0.15, 0.2) is 12.6 Å². The summed E-state index contributed by atoms with van der Waals surface area (Å²) in [4.78, 5) is 26.3. The van der Waals surface area contributed by atoms with Gasteiger partial charge in [-0.25, -0.2) is 0 Å². The van der Waals surface area contributed by atoms with Crippen LogP contribution in [0.2, 0.25) is 0 Å². The highest BCUT2D eigenvalue weighted by Crippen LogP contribution is 2.35. The van der Waals surface area contributed by atoms with E-state index in [2.05, 4.69) is 15.1 Å². The third-order valence-electron chi connectivity index (χ3n) is 2.40. The Labute approximate surface area is 109 Å². The molecule has 1 aromatic carbocycles. The van der Waals surface area contributed by atoms with Crippen LogP contribution in [0.4, 0.5) is 0 Å². The lowest BCUT2D eigenvalue weighted by atomic mass is 10.1. The van der Waals surface area contributed by atoms with E-state index in [0.29, 0.717) is 11.3 Å². The standard InChI is InChI=1S/C12H12N2O5/c1-8(15)17-6-7-18-14-12-11(13-16)9-4-2-3-5-10(9)19-12/h2-5,11H,6-7H2,1H3/b14-12+. The average molecular weight is 264 g/mol. The summed E-state index contributed by atoms with van der Waals surface area (Å²) in [5.74, 6) is 0.224. The Morgan fingerprint density at radius 1 is 1.37 bits per heavy atom. The molecule has 0 aliphatic carbocycles. The van der Waals surface area contributed by atoms with E-state index in [9.17, 15) is 9.70 Å². The molecule has 1 atom stereocenters. The predicted octanol–water partition coefficient (Wildman–Crippen LogP) is 1.78. The van der Waals surface area contributed by atoms with Crippen LogP contribution in [0.3, 0.4) is 0 Å². The van der Waals surface area contributed by atoms with E-state index < -0.39 is 12.0 Å². The Balaban J connectivity index is 1.95. The van der Waals surface area contributed by atoms with Crippen LogP contribution in [0.15, 0.2) is 34.6 Å². The topological polar surface area (TPSA) is 86.6 Å². The first-order valence-corrected chi connectivity index (χ1v) is 5.65. The van der Waals surface area contributed by atoms with Gasteiger partial charge in [-0.1, -0.05) is 23.4 Å². The van der Waals surface area contributed by atoms with E-state index in [0.717, 1.165) is 0 Å². The van der Waals surface area contributed by atoms with Gasteiger partial charge in [0, 0.05) is 12.5 Å². The van der Waals surface area contributed by atoms with Gasteiger partial charge in [-0.3, -0.25) is 4.79 Å². The summed E-state index contributed by atoms with van der Waals surface area (Å²) in [7, 11) is 0. The average Bonchev–Trinajstić information content (AvgIpc) is 2.75. The van der Waals surface area contributed by atoms with Crippen molar-refractivity contribution in [3.05, 3.63) is 34.7 Å². The molecule has 0 saturated carbocycles. The molecule has 1 aliphatic heterocycles. The number of hydrogen-bond acceptors (Lipinski definition) is 7. The number of benzene rings is 1. The van der Waals surface area contributed by atoms with Gasteiger partial charge in [0.1, 0.15) is 12.4 Å². The summed E-state index contributed by atoms with van der Waals surface area (Å²) in [5.41, 5.74) is 0.653. The van der Waals surface area contributed by atoms with E-state index in [4.69, 9.17) is 9.57 Å². The predicted molar refractivity (Wildman–Crippen MR) is 65.6 cm³/mol. The lowest BCUT2D eigenvalue weighted by molar-refractivity contribution is -0.142. The van der Waals surface area contributed by atoms with Crippen LogP contribution in [0.25, 0.3) is 0 Å². The van der Waals surface area contributed by atoms with Crippen LogP contribution in [-0.2, 0) is 14.4 Å². The summed E-state index contributed by atoms with van der Waals surface area (Å²) in [6, 6.07) is 6.22. The van der Waals surface area contributed by atoms with Crippen molar-refractivity contribution in [2.24, 2.45) is 10.3 Å². The molecule has 0 amide bonds. The zero-order chi connectivity index (χ0) is 13.7. The first kappa shape index (κ1) is 13.0. The number of carbonyl (C=O) groups excluding carboxylic acids is 1. The molecule has 7 nitrogen and oxygen atoms in total. The molecule has 7 heteroatoms. The van der Waals surface area contributed by atoms with Gasteiger partial charge >= 0.3 is 5.97 Å². The maximum atomic E-state index is 10.8. The van der Waals surface area contributed by atoms with Gasteiger partial charge in [0.2, 0.25) is 0 Å². The molecule has 1 aromatic rings. The molecule has 0 radical (unpaired) electrons. The molecule has 1 unspecified atom stereocenters. The first-order chi connectivity index (χ1) is 9.22. The first-order valence-electron chi connectivity index (χ1n) is 5.65. The van der Waals surface area contributed by atoms with Gasteiger partial charge in [-0.05, 0) is 11.2 Å². The van der Waals surface area contributed by atoms with E-state index in [1.54, 1.807) is 24.3 Å². The lowest BCUT2D eigenvalue weighted by Crippen LogP contribution is -2.11. The smallest absolute Gasteiger partial charge is 0.302 e. The lowest BCUT2D eigenvalue weighted by Gasteiger charge is -2.02. The van der Waals surface area contributed by atoms with Crippen LogP contribution in [0, 0.1) is 4.91 Å². The Bertz CT molecular complexity index is 515. The molecule has 0 spiro atoms. The summed E-state index contributed by atoms with van der Waals surface area (Å²) in [6.07, 6.45) is 0. The van der Waals surface area contributed by atoms with E-state index >= 15 is 0 Å². The number of para-hydroxylation sites is 1. The fraction of sp³-hybridized carbons (Fsp3) is 0.333. The molecule has 0 bridgehead atoms. The van der Waals surface area contributed by atoms with Crippen molar-refractivity contribution in [2.75, 3.05) is 13.2 Å². The molecule has 1 heterocycles. The highest BCUT2D eigenvalue weighted by molar-refractivity contribution is 5.89. The summed E-state index contributed by atoms with van der Waals surface area (Å²) < 4.78 is 10.0. The minimum atomic E-state index is -0.801. The highest BCUT2D eigenvalue weighted by atomic mass is 16.7. The van der Waals surface area contributed by atoms with Crippen molar-refractivity contribution >= 4 is 11.9 Å². The molecule has 100 valence electrons. The van der Waals surface area contributed by atoms with Gasteiger partial charge < -0.3 is 14.3 Å². The molecule has 1 aliphatic rings. The molecule has 2 rings (SSSR count). The number of fused-ring (bicyclic) bond motifs is 1. The van der Waals surface area contributed by atoms with Crippen molar-refractivity contribution in [3.63, 3.8) is 0 Å². The number of rotatable bonds is 5. The zero-order valence-corrected chi connectivity index (χ0v) is 10.2. The zero-order valence-electron chi connectivity index (χ0n) is 10.2. The van der Waals surface area contributed by atoms with Crippen LogP contribution < -0.4 is 4.74 Å². The minimum absolute atomic E-state index is 0.0777. The van der Waals surface area contributed by atoms with Gasteiger partial charge in [0.05, 0.1) is 0 Å². The number of nitrogens with zero attached hydrogens (tertiary/aromatic N) is 2. The fourth-order valence-electron chi connectivity index (χ4n) is 1.60. The number of esters is 1. The van der Waals surface area contributed by atoms with Gasteiger partial charge in [0.25, 0.3) is 5.90 Å². The van der Waals surface area contributed by atoms with Crippen molar-refractivity contribution < 1.29 is 19.1 Å². The molecule has 0 fully saturated rings. The largest absolute Gasteiger partial charge is 0.462 e. The van der Waals surface area contributed by atoms with Crippen LogP contribution in [-0.4, -0.2) is 25.1 Å². The fourth-order valence-corrected chi connectivity index (χ4v) is 1.60. The Morgan fingerprint density at radius 2 is 2.16 bits per heavy atom. The summed E-state index contributed by atoms with van der Waals surface area (Å²) >= 11 is 0. The third kappa shape index (κ3) is 3.06. The second kappa shape index (κ2) is 5.94. The molecule has 0 saturated heterocycles. The van der Waals surface area contributed by atoms with E-state index in [1.807, 2.05) is 0 Å².